The number of hydrogen-bond donors (Lipinski definition) is 1. The molecule has 3 aromatic rings. The van der Waals surface area contributed by atoms with Gasteiger partial charge in [-0.1, -0.05) is 35.5 Å². The Bertz CT molecular complexity index is 1260. The molecule has 1 amide bonds. The SMILES string of the molecule is Cc1ccc2c(c1)-c1nc(SCC(=O)Nc3ccccc3F)ncc1S(=O)(=O)N2C. The second kappa shape index (κ2) is 7.69. The van der Waals surface area contributed by atoms with Crippen molar-refractivity contribution in [3.05, 3.63) is 60.0 Å². The fourth-order valence-electron chi connectivity index (χ4n) is 3.08. The van der Waals surface area contributed by atoms with Crippen molar-refractivity contribution in [2.45, 2.75) is 17.0 Å². The Kier molecular flexibility index (Phi) is 5.20. The van der Waals surface area contributed by atoms with E-state index in [4.69, 9.17) is 0 Å². The van der Waals surface area contributed by atoms with E-state index < -0.39 is 21.7 Å². The van der Waals surface area contributed by atoms with Gasteiger partial charge in [-0.3, -0.25) is 9.10 Å². The average Bonchev–Trinajstić information content (AvgIpc) is 2.72. The van der Waals surface area contributed by atoms with Crippen LogP contribution in [-0.4, -0.2) is 37.1 Å². The summed E-state index contributed by atoms with van der Waals surface area (Å²) >= 11 is 1.04. The van der Waals surface area contributed by atoms with Crippen molar-refractivity contribution < 1.29 is 17.6 Å². The smallest absolute Gasteiger partial charge is 0.267 e. The number of thioether (sulfide) groups is 1. The lowest BCUT2D eigenvalue weighted by Gasteiger charge is -2.28. The highest BCUT2D eigenvalue weighted by Crippen LogP contribution is 2.41. The van der Waals surface area contributed by atoms with Crippen LogP contribution >= 0.6 is 11.8 Å². The van der Waals surface area contributed by atoms with Crippen LogP contribution in [0.1, 0.15) is 5.56 Å². The molecule has 0 bridgehead atoms. The molecule has 0 saturated carbocycles. The topological polar surface area (TPSA) is 92.3 Å². The first kappa shape index (κ1) is 20.3. The molecule has 0 atom stereocenters. The van der Waals surface area contributed by atoms with Crippen LogP contribution in [0.15, 0.2) is 58.7 Å². The van der Waals surface area contributed by atoms with Crippen LogP contribution in [0.3, 0.4) is 0 Å². The maximum absolute atomic E-state index is 13.7. The van der Waals surface area contributed by atoms with Crippen LogP contribution < -0.4 is 9.62 Å². The van der Waals surface area contributed by atoms with Crippen LogP contribution in [0.5, 0.6) is 0 Å². The molecule has 1 aliphatic rings. The molecule has 4 rings (SSSR count). The van der Waals surface area contributed by atoms with Crippen molar-refractivity contribution in [3.8, 4) is 11.3 Å². The molecule has 1 N–H and O–H groups in total. The number of para-hydroxylation sites is 1. The van der Waals surface area contributed by atoms with Crippen molar-refractivity contribution in [2.75, 3.05) is 22.4 Å². The van der Waals surface area contributed by atoms with Crippen LogP contribution in [0.4, 0.5) is 15.8 Å². The van der Waals surface area contributed by atoms with Gasteiger partial charge in [0.15, 0.2) is 5.16 Å². The van der Waals surface area contributed by atoms with Gasteiger partial charge in [-0.25, -0.2) is 22.8 Å². The Labute approximate surface area is 177 Å². The molecule has 0 radical (unpaired) electrons. The number of aromatic nitrogens is 2. The average molecular weight is 445 g/mol. The summed E-state index contributed by atoms with van der Waals surface area (Å²) in [5.41, 5.74) is 2.57. The summed E-state index contributed by atoms with van der Waals surface area (Å²) in [6.07, 6.45) is 1.26. The molecule has 154 valence electrons. The first-order chi connectivity index (χ1) is 14.3. The maximum atomic E-state index is 13.7. The highest BCUT2D eigenvalue weighted by Gasteiger charge is 2.34. The Balaban J connectivity index is 1.60. The Hall–Kier alpha value is -2.98. The molecule has 0 unspecified atom stereocenters. The van der Waals surface area contributed by atoms with E-state index in [1.165, 1.54) is 35.7 Å². The number of hydrogen-bond acceptors (Lipinski definition) is 6. The lowest BCUT2D eigenvalue weighted by Crippen LogP contribution is -2.31. The molecule has 30 heavy (non-hydrogen) atoms. The van der Waals surface area contributed by atoms with Crippen molar-refractivity contribution in [1.82, 2.24) is 9.97 Å². The first-order valence-corrected chi connectivity index (χ1v) is 11.3. The number of carbonyl (C=O) groups excluding carboxylic acids is 1. The maximum Gasteiger partial charge on any atom is 0.267 e. The minimum atomic E-state index is -3.76. The molecule has 1 aliphatic heterocycles. The molecule has 7 nitrogen and oxygen atoms in total. The highest BCUT2D eigenvalue weighted by atomic mass is 32.2. The fraction of sp³-hybridized carbons (Fsp3) is 0.150. The molecular formula is C20H17FN4O3S2. The van der Waals surface area contributed by atoms with Gasteiger partial charge in [0.1, 0.15) is 10.7 Å². The van der Waals surface area contributed by atoms with Crippen LogP contribution in [0.2, 0.25) is 0 Å². The number of carbonyl (C=O) groups is 1. The highest BCUT2D eigenvalue weighted by molar-refractivity contribution is 7.99. The minimum Gasteiger partial charge on any atom is -0.323 e. The van der Waals surface area contributed by atoms with Gasteiger partial charge >= 0.3 is 0 Å². The van der Waals surface area contributed by atoms with Crippen LogP contribution in [0, 0.1) is 12.7 Å². The number of nitrogens with zero attached hydrogens (tertiary/aromatic N) is 3. The van der Waals surface area contributed by atoms with E-state index in [0.29, 0.717) is 16.9 Å². The van der Waals surface area contributed by atoms with E-state index in [9.17, 15) is 17.6 Å². The minimum absolute atomic E-state index is 0.0169. The molecule has 0 aliphatic carbocycles. The normalized spacial score (nSPS) is 14.0. The van der Waals surface area contributed by atoms with Gasteiger partial charge in [-0.2, -0.15) is 0 Å². The molecule has 2 heterocycles. The van der Waals surface area contributed by atoms with Crippen molar-refractivity contribution in [3.63, 3.8) is 0 Å². The van der Waals surface area contributed by atoms with Gasteiger partial charge < -0.3 is 5.32 Å². The zero-order valence-electron chi connectivity index (χ0n) is 16.1. The lowest BCUT2D eigenvalue weighted by molar-refractivity contribution is -0.113. The summed E-state index contributed by atoms with van der Waals surface area (Å²) in [6.45, 7) is 1.91. The second-order valence-corrected chi connectivity index (χ2v) is 9.56. The van der Waals surface area contributed by atoms with Crippen LogP contribution in [0.25, 0.3) is 11.3 Å². The van der Waals surface area contributed by atoms with Crippen LogP contribution in [-0.2, 0) is 14.8 Å². The predicted molar refractivity (Wildman–Crippen MR) is 114 cm³/mol. The Morgan fingerprint density at radius 3 is 2.77 bits per heavy atom. The third-order valence-electron chi connectivity index (χ3n) is 4.60. The predicted octanol–water partition coefficient (Wildman–Crippen LogP) is 3.46. The molecular weight excluding hydrogens is 427 g/mol. The van der Waals surface area contributed by atoms with Gasteiger partial charge in [-0.15, -0.1) is 0 Å². The zero-order chi connectivity index (χ0) is 21.5. The van der Waals surface area contributed by atoms with Gasteiger partial charge in [0.05, 0.1) is 29.0 Å². The quantitative estimate of drug-likeness (QED) is 0.489. The lowest BCUT2D eigenvalue weighted by atomic mass is 10.1. The van der Waals surface area contributed by atoms with Gasteiger partial charge in [0.2, 0.25) is 5.91 Å². The molecule has 0 spiro atoms. The van der Waals surface area contributed by atoms with Gasteiger partial charge in [-0.05, 0) is 31.2 Å². The number of amides is 1. The summed E-state index contributed by atoms with van der Waals surface area (Å²) in [5.74, 6) is -1.00. The number of benzene rings is 2. The summed E-state index contributed by atoms with van der Waals surface area (Å²) in [6, 6.07) is 11.3. The summed E-state index contributed by atoms with van der Waals surface area (Å²) in [4.78, 5) is 20.7. The number of halogens is 1. The van der Waals surface area contributed by atoms with E-state index in [1.54, 1.807) is 12.1 Å². The first-order valence-electron chi connectivity index (χ1n) is 8.91. The number of sulfonamides is 1. The summed E-state index contributed by atoms with van der Waals surface area (Å²) in [7, 11) is -2.27. The number of anilines is 2. The van der Waals surface area contributed by atoms with E-state index in [1.807, 2.05) is 19.1 Å². The van der Waals surface area contributed by atoms with Crippen molar-refractivity contribution in [2.24, 2.45) is 0 Å². The van der Waals surface area contributed by atoms with E-state index >= 15 is 0 Å². The Morgan fingerprint density at radius 2 is 2.00 bits per heavy atom. The van der Waals surface area contributed by atoms with Crippen molar-refractivity contribution >= 4 is 39.1 Å². The van der Waals surface area contributed by atoms with Gasteiger partial charge in [0, 0.05) is 12.6 Å². The Morgan fingerprint density at radius 1 is 1.23 bits per heavy atom. The third-order valence-corrected chi connectivity index (χ3v) is 7.23. The molecule has 0 saturated heterocycles. The van der Waals surface area contributed by atoms with E-state index in [2.05, 4.69) is 15.3 Å². The second-order valence-electron chi connectivity index (χ2n) is 6.68. The molecule has 0 fully saturated rings. The number of rotatable bonds is 4. The van der Waals surface area contributed by atoms with Gasteiger partial charge in [0.25, 0.3) is 10.0 Å². The van der Waals surface area contributed by atoms with Crippen molar-refractivity contribution in [1.29, 1.82) is 0 Å². The van der Waals surface area contributed by atoms with E-state index in [-0.39, 0.29) is 21.5 Å². The third kappa shape index (κ3) is 3.63. The molecule has 10 heteroatoms. The fourth-order valence-corrected chi connectivity index (χ4v) is 4.99. The number of nitrogens with one attached hydrogen (secondary N) is 1. The zero-order valence-corrected chi connectivity index (χ0v) is 17.7. The summed E-state index contributed by atoms with van der Waals surface area (Å²) in [5, 5.41) is 2.75. The number of aryl methyl sites for hydroxylation is 1. The number of fused-ring (bicyclic) bond motifs is 3. The monoisotopic (exact) mass is 444 g/mol. The largest absolute Gasteiger partial charge is 0.323 e. The molecule has 1 aromatic heterocycles. The van der Waals surface area contributed by atoms with E-state index in [0.717, 1.165) is 17.3 Å². The summed E-state index contributed by atoms with van der Waals surface area (Å²) < 4.78 is 40.5. The molecule has 2 aromatic carbocycles. The standard InChI is InChI=1S/C20H17FN4O3S2/c1-12-7-8-16-13(9-12)19-17(30(27,28)25(16)2)10-22-20(24-19)29-11-18(26)23-15-6-4-3-5-14(15)21/h3-10H,11H2,1-2H3,(H,23,26).